The average Bonchev–Trinajstić information content (AvgIpc) is 2.42. The molecular weight excluding hydrogens is 240 g/mol. The maximum absolute atomic E-state index is 5.52. The summed E-state index contributed by atoms with van der Waals surface area (Å²) in [6.45, 7) is 6.72. The van der Waals surface area contributed by atoms with Gasteiger partial charge in [0.1, 0.15) is 12.1 Å². The normalized spacial score (nSPS) is 19.2. The molecule has 0 aliphatic carbocycles. The second kappa shape index (κ2) is 6.70. The molecule has 5 nitrogen and oxygen atoms in total. The van der Waals surface area contributed by atoms with Crippen LogP contribution in [-0.2, 0) is 0 Å². The molecule has 0 spiro atoms. The predicted molar refractivity (Wildman–Crippen MR) is 76.8 cm³/mol. The van der Waals surface area contributed by atoms with Crippen LogP contribution in [0.2, 0.25) is 0 Å². The monoisotopic (exact) mass is 264 g/mol. The lowest BCUT2D eigenvalue weighted by atomic mass is 10.0. The topological polar surface area (TPSA) is 50.3 Å². The third kappa shape index (κ3) is 3.56. The van der Waals surface area contributed by atoms with Crippen molar-refractivity contribution in [2.45, 2.75) is 39.2 Å². The van der Waals surface area contributed by atoms with Gasteiger partial charge in [-0.3, -0.25) is 0 Å². The van der Waals surface area contributed by atoms with E-state index in [-0.39, 0.29) is 0 Å². The van der Waals surface area contributed by atoms with Crippen molar-refractivity contribution in [2.24, 2.45) is 0 Å². The van der Waals surface area contributed by atoms with Gasteiger partial charge in [-0.15, -0.1) is 0 Å². The van der Waals surface area contributed by atoms with E-state index in [1.54, 1.807) is 6.33 Å². The maximum Gasteiger partial charge on any atom is 0.221 e. The SMILES string of the molecule is CCOc1ncnc(N(C)CC2CCCCN2)c1C. The summed E-state index contributed by atoms with van der Waals surface area (Å²) in [7, 11) is 2.08. The van der Waals surface area contributed by atoms with Gasteiger partial charge in [-0.1, -0.05) is 6.42 Å². The first kappa shape index (κ1) is 14.1. The largest absolute Gasteiger partial charge is 0.478 e. The average molecular weight is 264 g/mol. The quantitative estimate of drug-likeness (QED) is 0.878. The Morgan fingerprint density at radius 3 is 2.95 bits per heavy atom. The van der Waals surface area contributed by atoms with E-state index in [9.17, 15) is 0 Å². The van der Waals surface area contributed by atoms with Crippen molar-refractivity contribution in [1.82, 2.24) is 15.3 Å². The van der Waals surface area contributed by atoms with E-state index < -0.39 is 0 Å². The van der Waals surface area contributed by atoms with Crippen molar-refractivity contribution in [3.05, 3.63) is 11.9 Å². The first-order chi connectivity index (χ1) is 9.22. The van der Waals surface area contributed by atoms with Gasteiger partial charge < -0.3 is 15.0 Å². The molecule has 1 unspecified atom stereocenters. The molecule has 19 heavy (non-hydrogen) atoms. The van der Waals surface area contributed by atoms with Crippen LogP contribution in [0.3, 0.4) is 0 Å². The molecule has 1 aliphatic rings. The van der Waals surface area contributed by atoms with Crippen LogP contribution in [0.4, 0.5) is 5.82 Å². The fourth-order valence-electron chi connectivity index (χ4n) is 2.59. The second-order valence-corrected chi connectivity index (χ2v) is 5.09. The maximum atomic E-state index is 5.52. The highest BCUT2D eigenvalue weighted by molar-refractivity contribution is 5.49. The molecule has 1 aliphatic heterocycles. The molecule has 1 aromatic heterocycles. The molecule has 5 heteroatoms. The molecule has 106 valence electrons. The number of aromatic nitrogens is 2. The number of rotatable bonds is 5. The van der Waals surface area contributed by atoms with Gasteiger partial charge in [0.05, 0.1) is 12.2 Å². The Labute approximate surface area is 115 Å². The molecular formula is C14H24N4O. The van der Waals surface area contributed by atoms with E-state index in [0.717, 1.165) is 24.5 Å². The fraction of sp³-hybridized carbons (Fsp3) is 0.714. The number of nitrogens with one attached hydrogen (secondary N) is 1. The number of likely N-dealkylation sites (N-methyl/N-ethyl adjacent to an activating group) is 1. The van der Waals surface area contributed by atoms with Crippen molar-refractivity contribution >= 4 is 5.82 Å². The van der Waals surface area contributed by atoms with E-state index in [1.165, 1.54) is 19.3 Å². The summed E-state index contributed by atoms with van der Waals surface area (Å²) >= 11 is 0. The van der Waals surface area contributed by atoms with Crippen LogP contribution in [-0.4, -0.2) is 42.8 Å². The van der Waals surface area contributed by atoms with Crippen LogP contribution < -0.4 is 15.0 Å². The van der Waals surface area contributed by atoms with E-state index in [2.05, 4.69) is 27.2 Å². The summed E-state index contributed by atoms with van der Waals surface area (Å²) in [5, 5.41) is 3.56. The molecule has 1 saturated heterocycles. The molecule has 0 aromatic carbocycles. The van der Waals surface area contributed by atoms with Crippen LogP contribution in [0, 0.1) is 6.92 Å². The van der Waals surface area contributed by atoms with Crippen LogP contribution >= 0.6 is 0 Å². The summed E-state index contributed by atoms with van der Waals surface area (Å²) < 4.78 is 5.52. The molecule has 0 bridgehead atoms. The Kier molecular flexibility index (Phi) is 4.96. The number of nitrogens with zero attached hydrogens (tertiary/aromatic N) is 3. The molecule has 0 radical (unpaired) electrons. The number of piperidine rings is 1. The van der Waals surface area contributed by atoms with Crippen molar-refractivity contribution in [3.8, 4) is 5.88 Å². The van der Waals surface area contributed by atoms with Crippen LogP contribution in [0.25, 0.3) is 0 Å². The fourth-order valence-corrected chi connectivity index (χ4v) is 2.59. The lowest BCUT2D eigenvalue weighted by Crippen LogP contribution is -2.42. The summed E-state index contributed by atoms with van der Waals surface area (Å²) in [4.78, 5) is 10.8. The van der Waals surface area contributed by atoms with E-state index >= 15 is 0 Å². The van der Waals surface area contributed by atoms with Crippen molar-refractivity contribution in [2.75, 3.05) is 31.6 Å². The zero-order chi connectivity index (χ0) is 13.7. The van der Waals surface area contributed by atoms with Crippen molar-refractivity contribution in [1.29, 1.82) is 0 Å². The predicted octanol–water partition coefficient (Wildman–Crippen LogP) is 1.76. The standard InChI is InChI=1S/C14H24N4O/c1-4-19-14-11(2)13(16-10-17-14)18(3)9-12-7-5-6-8-15-12/h10,12,15H,4-9H2,1-3H3. The third-order valence-corrected chi connectivity index (χ3v) is 3.56. The van der Waals surface area contributed by atoms with Gasteiger partial charge in [0.15, 0.2) is 0 Å². The summed E-state index contributed by atoms with van der Waals surface area (Å²) in [5.41, 5.74) is 1.02. The molecule has 1 aromatic rings. The second-order valence-electron chi connectivity index (χ2n) is 5.09. The lowest BCUT2D eigenvalue weighted by Gasteiger charge is -2.29. The summed E-state index contributed by atoms with van der Waals surface area (Å²) in [6, 6.07) is 0.559. The molecule has 1 N–H and O–H groups in total. The zero-order valence-electron chi connectivity index (χ0n) is 12.1. The number of hydrogen-bond donors (Lipinski definition) is 1. The third-order valence-electron chi connectivity index (χ3n) is 3.56. The smallest absolute Gasteiger partial charge is 0.221 e. The number of ether oxygens (including phenoxy) is 1. The Morgan fingerprint density at radius 1 is 1.42 bits per heavy atom. The molecule has 2 rings (SSSR count). The molecule has 0 saturated carbocycles. The summed E-state index contributed by atoms with van der Waals surface area (Å²) in [5.74, 6) is 1.65. The highest BCUT2D eigenvalue weighted by atomic mass is 16.5. The van der Waals surface area contributed by atoms with Gasteiger partial charge in [-0.25, -0.2) is 9.97 Å². The zero-order valence-corrected chi connectivity index (χ0v) is 12.1. The highest BCUT2D eigenvalue weighted by Gasteiger charge is 2.18. The van der Waals surface area contributed by atoms with Gasteiger partial charge in [-0.05, 0) is 33.2 Å². The molecule has 2 heterocycles. The Balaban J connectivity index is 2.05. The lowest BCUT2D eigenvalue weighted by molar-refractivity contribution is 0.323. The van der Waals surface area contributed by atoms with E-state index in [0.29, 0.717) is 18.5 Å². The molecule has 1 atom stereocenters. The molecule has 0 amide bonds. The summed E-state index contributed by atoms with van der Waals surface area (Å²) in [6.07, 6.45) is 5.44. The van der Waals surface area contributed by atoms with E-state index in [4.69, 9.17) is 4.74 Å². The van der Waals surface area contributed by atoms with Crippen LogP contribution in [0.1, 0.15) is 31.7 Å². The minimum absolute atomic E-state index is 0.559. The van der Waals surface area contributed by atoms with E-state index in [1.807, 2.05) is 13.8 Å². The van der Waals surface area contributed by atoms with Crippen LogP contribution in [0.5, 0.6) is 5.88 Å². The Hall–Kier alpha value is -1.36. The van der Waals surface area contributed by atoms with Gasteiger partial charge in [0.2, 0.25) is 5.88 Å². The molecule has 1 fully saturated rings. The van der Waals surface area contributed by atoms with Gasteiger partial charge >= 0.3 is 0 Å². The van der Waals surface area contributed by atoms with Gasteiger partial charge in [0, 0.05) is 19.6 Å². The Morgan fingerprint density at radius 2 is 2.26 bits per heavy atom. The first-order valence-electron chi connectivity index (χ1n) is 7.11. The highest BCUT2D eigenvalue weighted by Crippen LogP contribution is 2.23. The first-order valence-corrected chi connectivity index (χ1v) is 7.11. The minimum Gasteiger partial charge on any atom is -0.478 e. The minimum atomic E-state index is 0.559. The van der Waals surface area contributed by atoms with Gasteiger partial charge in [0.25, 0.3) is 0 Å². The number of anilines is 1. The van der Waals surface area contributed by atoms with Crippen molar-refractivity contribution in [3.63, 3.8) is 0 Å². The number of hydrogen-bond acceptors (Lipinski definition) is 5. The Bertz CT molecular complexity index is 404. The van der Waals surface area contributed by atoms with Crippen molar-refractivity contribution < 1.29 is 4.74 Å². The van der Waals surface area contributed by atoms with Gasteiger partial charge in [-0.2, -0.15) is 0 Å². The van der Waals surface area contributed by atoms with Crippen LogP contribution in [0.15, 0.2) is 6.33 Å².